The maximum Gasteiger partial charge on any atom is -1.00 e. The summed E-state index contributed by atoms with van der Waals surface area (Å²) in [5.41, 5.74) is 1.86. The first-order chi connectivity index (χ1) is 21.3. The smallest absolute Gasteiger partial charge is 1.00 e. The molecule has 0 aliphatic heterocycles. The van der Waals surface area contributed by atoms with Gasteiger partial charge in [-0.3, -0.25) is 0 Å². The fraction of sp³-hybridized carbons (Fsp3) is 0.614. The van der Waals surface area contributed by atoms with E-state index in [0.29, 0.717) is 5.92 Å². The van der Waals surface area contributed by atoms with Crippen molar-refractivity contribution < 1.29 is 45.8 Å². The van der Waals surface area contributed by atoms with Gasteiger partial charge in [-0.1, -0.05) is 0 Å². The van der Waals surface area contributed by atoms with Crippen molar-refractivity contribution >= 4 is 3.26 Å². The predicted octanol–water partition coefficient (Wildman–Crippen LogP) is 5.33. The SMILES string of the molecule is CC1=CC=CC2[CH]([Hf+2]([C]3=CC=CC3)=[C]3C4CC5CC(C4)CC3C5)C3(C)C4(C)C=CC=CC4(C)C4(C)C=CC=CC4(C)C3(C)C12C.[Cl-].[Cl-]. The monoisotopic (exact) mass is 834 g/mol. The summed E-state index contributed by atoms with van der Waals surface area (Å²) in [6, 6.07) is 0. The van der Waals surface area contributed by atoms with E-state index in [2.05, 4.69) is 144 Å². The van der Waals surface area contributed by atoms with Crippen LogP contribution in [-0.4, -0.2) is 3.26 Å². The van der Waals surface area contributed by atoms with Gasteiger partial charge < -0.3 is 24.8 Å². The third-order valence-electron chi connectivity index (χ3n) is 18.3. The first kappa shape index (κ1) is 34.7. The number of hydrogen-bond acceptors (Lipinski definition) is 0. The largest absolute Gasteiger partial charge is 1.00 e. The van der Waals surface area contributed by atoms with E-state index in [0.717, 1.165) is 27.3 Å². The van der Waals surface area contributed by atoms with Gasteiger partial charge in [0.05, 0.1) is 0 Å². The Hall–Kier alpha value is -0.760. The van der Waals surface area contributed by atoms with Crippen LogP contribution in [0.15, 0.2) is 94.0 Å². The summed E-state index contributed by atoms with van der Waals surface area (Å²) in [6.45, 7) is 21.8. The van der Waals surface area contributed by atoms with Gasteiger partial charge in [0.25, 0.3) is 0 Å². The first-order valence-electron chi connectivity index (χ1n) is 18.5. The van der Waals surface area contributed by atoms with Gasteiger partial charge in [0.15, 0.2) is 0 Å². The van der Waals surface area contributed by atoms with Crippen LogP contribution < -0.4 is 24.8 Å². The molecule has 9 unspecified atom stereocenters. The van der Waals surface area contributed by atoms with Crippen LogP contribution in [0.3, 0.4) is 0 Å². The number of allylic oxidation sites excluding steroid dienone is 16. The standard InChI is InChI=1S/C29H37.C10H14.C5H5.2ClH.Hf/c1-21-14-13-15-22-20-27(6)25(4)18-10-9-16-23(25,2)24(3)17-11-12-19-26(24,5)29(27,8)28(21,22)7;1-7-2-9-4-8(1)5-10(3-7)6-9;1-2-4-5-3-1;;;/h9-20,22H,1-8H3;7-10H,1-5H2;1-3H,4H2;2*1H;/q;;;;;+2/p-2. The first-order valence-corrected chi connectivity index (χ1v) is 24.2. The van der Waals surface area contributed by atoms with Crippen molar-refractivity contribution in [3.05, 3.63) is 94.0 Å². The molecule has 0 saturated heterocycles. The summed E-state index contributed by atoms with van der Waals surface area (Å²) in [6.07, 6.45) is 44.8. The van der Waals surface area contributed by atoms with Gasteiger partial charge >= 0.3 is 283 Å². The summed E-state index contributed by atoms with van der Waals surface area (Å²) < 4.78 is 4.94. The average Bonchev–Trinajstić information content (AvgIpc) is 3.59. The van der Waals surface area contributed by atoms with Gasteiger partial charge in [0.2, 0.25) is 0 Å². The molecule has 0 aromatic carbocycles. The van der Waals surface area contributed by atoms with E-state index in [1.54, 1.807) is 12.0 Å². The fourth-order valence-electron chi connectivity index (χ4n) is 15.6. The molecule has 0 amide bonds. The summed E-state index contributed by atoms with van der Waals surface area (Å²) in [7, 11) is 0. The molecule has 9 atom stereocenters. The Morgan fingerprint density at radius 2 is 1.15 bits per heavy atom. The van der Waals surface area contributed by atoms with Gasteiger partial charge in [-0.25, -0.2) is 0 Å². The molecule has 0 radical (unpaired) electrons. The van der Waals surface area contributed by atoms with E-state index in [9.17, 15) is 0 Å². The Labute approximate surface area is 306 Å². The van der Waals surface area contributed by atoms with Crippen molar-refractivity contribution in [1.82, 2.24) is 0 Å². The molecule has 10 rings (SSSR count). The Bertz CT molecular complexity index is 1650. The van der Waals surface area contributed by atoms with Crippen LogP contribution in [0.2, 0.25) is 3.67 Å². The zero-order chi connectivity index (χ0) is 31.4. The molecule has 10 aliphatic carbocycles. The minimum Gasteiger partial charge on any atom is -1.00 e. The molecule has 0 aromatic rings. The van der Waals surface area contributed by atoms with Crippen molar-refractivity contribution in [3.8, 4) is 0 Å². The maximum atomic E-state index is 2.89. The Kier molecular flexibility index (Phi) is 7.85. The van der Waals surface area contributed by atoms with Crippen LogP contribution in [0.1, 0.15) is 93.9 Å². The second-order valence-corrected chi connectivity index (χ2v) is 28.1. The minimum absolute atomic E-state index is 0. The van der Waals surface area contributed by atoms with Gasteiger partial charge in [-0.05, 0) is 0 Å². The number of rotatable bonds is 2. The second kappa shape index (κ2) is 10.6. The summed E-state index contributed by atoms with van der Waals surface area (Å²) in [5, 5.41) is 0. The zero-order valence-corrected chi connectivity index (χ0v) is 35.2. The van der Waals surface area contributed by atoms with Gasteiger partial charge in [-0.15, -0.1) is 0 Å². The summed E-state index contributed by atoms with van der Waals surface area (Å²) in [4.78, 5) is 0. The Morgan fingerprint density at radius 1 is 0.617 bits per heavy atom. The van der Waals surface area contributed by atoms with E-state index in [4.69, 9.17) is 0 Å². The molecule has 6 saturated carbocycles. The minimum atomic E-state index is -2.73. The van der Waals surface area contributed by atoms with Crippen molar-refractivity contribution in [2.24, 2.45) is 67.5 Å². The van der Waals surface area contributed by atoms with Gasteiger partial charge in [-0.2, -0.15) is 0 Å². The van der Waals surface area contributed by atoms with Crippen LogP contribution in [0.25, 0.3) is 0 Å². The molecule has 0 nitrogen and oxygen atoms in total. The van der Waals surface area contributed by atoms with Crippen molar-refractivity contribution in [3.63, 3.8) is 0 Å². The molecule has 0 N–H and O–H groups in total. The normalized spacial score (nSPS) is 53.2. The topological polar surface area (TPSA) is 0 Å². The molecule has 0 aromatic heterocycles. The van der Waals surface area contributed by atoms with Crippen LogP contribution in [0, 0.1) is 67.5 Å². The van der Waals surface area contributed by atoms with Gasteiger partial charge in [0.1, 0.15) is 0 Å². The van der Waals surface area contributed by atoms with Crippen molar-refractivity contribution in [2.45, 2.75) is 97.6 Å². The molecule has 6 fully saturated rings. The molecule has 0 heterocycles. The fourth-order valence-corrected chi connectivity index (χ4v) is 33.8. The van der Waals surface area contributed by atoms with E-state index in [1.165, 1.54) is 32.1 Å². The van der Waals surface area contributed by atoms with E-state index >= 15 is 0 Å². The maximum absolute atomic E-state index is 2.89. The van der Waals surface area contributed by atoms with Crippen LogP contribution in [0.5, 0.6) is 0 Å². The second-order valence-electron chi connectivity index (χ2n) is 18.5. The van der Waals surface area contributed by atoms with Crippen LogP contribution >= 0.6 is 0 Å². The van der Waals surface area contributed by atoms with E-state index < -0.39 is 21.0 Å². The molecule has 3 heteroatoms. The third kappa shape index (κ3) is 3.51. The third-order valence-corrected chi connectivity index (χ3v) is 32.8. The molecule has 250 valence electrons. The van der Waals surface area contributed by atoms with E-state index in [1.807, 2.05) is 3.33 Å². The van der Waals surface area contributed by atoms with Crippen molar-refractivity contribution in [2.75, 3.05) is 0 Å². The van der Waals surface area contributed by atoms with E-state index in [-0.39, 0.29) is 62.7 Å². The Balaban J connectivity index is 0.00000176. The van der Waals surface area contributed by atoms with Crippen LogP contribution in [0.4, 0.5) is 0 Å². The van der Waals surface area contributed by atoms with Crippen LogP contribution in [-0.2, 0) is 21.0 Å². The Morgan fingerprint density at radius 3 is 1.70 bits per heavy atom. The van der Waals surface area contributed by atoms with Gasteiger partial charge in [0, 0.05) is 0 Å². The molecular weight excluding hydrogens is 778 g/mol. The predicted molar refractivity (Wildman–Crippen MR) is 187 cm³/mol. The molecule has 0 spiro atoms. The zero-order valence-electron chi connectivity index (χ0n) is 30.0. The molecular formula is C44H56Cl2Hf. The molecule has 10 aliphatic rings. The quantitative estimate of drug-likeness (QED) is 0.331. The average molecular weight is 834 g/mol. The number of halogens is 2. The van der Waals surface area contributed by atoms with Crippen molar-refractivity contribution in [1.29, 1.82) is 0 Å². The summed E-state index contributed by atoms with van der Waals surface area (Å²) >= 11 is -2.73. The molecule has 4 bridgehead atoms. The number of hydrogen-bond donors (Lipinski definition) is 0. The number of fused-ring (bicyclic) bond motifs is 8. The summed E-state index contributed by atoms with van der Waals surface area (Å²) in [5.74, 6) is 4.49. The molecule has 47 heavy (non-hydrogen) atoms.